The van der Waals surface area contributed by atoms with Gasteiger partial charge in [0, 0.05) is 25.1 Å². The lowest BCUT2D eigenvalue weighted by Gasteiger charge is -2.15. The van der Waals surface area contributed by atoms with E-state index in [2.05, 4.69) is 29.4 Å². The molecule has 2 heterocycles. The van der Waals surface area contributed by atoms with Crippen molar-refractivity contribution < 1.29 is 4.74 Å². The van der Waals surface area contributed by atoms with Gasteiger partial charge >= 0.3 is 0 Å². The van der Waals surface area contributed by atoms with E-state index in [0.29, 0.717) is 19.8 Å². The Bertz CT molecular complexity index is 712. The Kier molecular flexibility index (Phi) is 5.77. The number of nitrogens with zero attached hydrogens (tertiary/aromatic N) is 2. The normalized spacial score (nSPS) is 15.5. The fourth-order valence-electron chi connectivity index (χ4n) is 3.05. The van der Waals surface area contributed by atoms with Gasteiger partial charge in [-0.25, -0.2) is 4.98 Å². The van der Waals surface area contributed by atoms with Gasteiger partial charge < -0.3 is 10.1 Å². The van der Waals surface area contributed by atoms with E-state index in [1.807, 2.05) is 18.2 Å². The van der Waals surface area contributed by atoms with E-state index in [-0.39, 0.29) is 11.5 Å². The molecule has 0 saturated heterocycles. The number of benzene rings is 1. The SMILES string of the molecule is CC(COCc1ccccc1)Cn1cnc2c(c1=O)CCNCC2. The zero-order valence-electron chi connectivity index (χ0n) is 14.2. The number of nitrogens with one attached hydrogen (secondary N) is 1. The molecule has 5 heteroatoms. The van der Waals surface area contributed by atoms with Gasteiger partial charge in [-0.05, 0) is 24.4 Å². The van der Waals surface area contributed by atoms with Crippen LogP contribution in [0, 0.1) is 5.92 Å². The lowest BCUT2D eigenvalue weighted by atomic mass is 10.1. The summed E-state index contributed by atoms with van der Waals surface area (Å²) in [5.74, 6) is 0.259. The first-order valence-corrected chi connectivity index (χ1v) is 8.63. The van der Waals surface area contributed by atoms with Gasteiger partial charge in [-0.3, -0.25) is 9.36 Å². The maximum absolute atomic E-state index is 12.7. The maximum atomic E-state index is 12.7. The summed E-state index contributed by atoms with van der Waals surface area (Å²) in [6.07, 6.45) is 3.29. The van der Waals surface area contributed by atoms with Crippen molar-refractivity contribution in [3.8, 4) is 0 Å². The van der Waals surface area contributed by atoms with Crippen molar-refractivity contribution in [3.05, 3.63) is 63.8 Å². The zero-order chi connectivity index (χ0) is 16.8. The molecule has 0 saturated carbocycles. The number of rotatable bonds is 6. The van der Waals surface area contributed by atoms with Crippen LogP contribution in [0.1, 0.15) is 23.7 Å². The van der Waals surface area contributed by atoms with Gasteiger partial charge in [0.2, 0.25) is 0 Å². The quantitative estimate of drug-likeness (QED) is 0.879. The van der Waals surface area contributed by atoms with Crippen LogP contribution in [-0.2, 0) is 30.7 Å². The lowest BCUT2D eigenvalue weighted by Crippen LogP contribution is -2.29. The molecule has 2 aromatic rings. The van der Waals surface area contributed by atoms with Crippen molar-refractivity contribution in [3.63, 3.8) is 0 Å². The third-order valence-electron chi connectivity index (χ3n) is 4.33. The molecular formula is C19H25N3O2. The van der Waals surface area contributed by atoms with Crippen molar-refractivity contribution in [2.75, 3.05) is 19.7 Å². The average Bonchev–Trinajstić information content (AvgIpc) is 2.84. The highest BCUT2D eigenvalue weighted by Crippen LogP contribution is 2.08. The molecule has 1 atom stereocenters. The molecule has 24 heavy (non-hydrogen) atoms. The molecule has 5 nitrogen and oxygen atoms in total. The molecule has 1 aromatic carbocycles. The molecule has 1 N–H and O–H groups in total. The van der Waals surface area contributed by atoms with E-state index in [0.717, 1.165) is 37.2 Å². The summed E-state index contributed by atoms with van der Waals surface area (Å²) >= 11 is 0. The van der Waals surface area contributed by atoms with Crippen LogP contribution < -0.4 is 10.9 Å². The van der Waals surface area contributed by atoms with E-state index in [1.54, 1.807) is 10.9 Å². The molecule has 3 rings (SSSR count). The highest BCUT2D eigenvalue weighted by molar-refractivity contribution is 5.19. The lowest BCUT2D eigenvalue weighted by molar-refractivity contribution is 0.0864. The van der Waals surface area contributed by atoms with E-state index in [1.165, 1.54) is 5.56 Å². The molecule has 0 bridgehead atoms. The third-order valence-corrected chi connectivity index (χ3v) is 4.33. The largest absolute Gasteiger partial charge is 0.376 e. The van der Waals surface area contributed by atoms with Crippen molar-refractivity contribution in [1.82, 2.24) is 14.9 Å². The predicted molar refractivity (Wildman–Crippen MR) is 94.0 cm³/mol. The van der Waals surface area contributed by atoms with E-state index in [4.69, 9.17) is 4.74 Å². The topological polar surface area (TPSA) is 56.2 Å². The summed E-state index contributed by atoms with van der Waals surface area (Å²) in [5, 5.41) is 3.32. The Hall–Kier alpha value is -1.98. The molecular weight excluding hydrogens is 302 g/mol. The minimum Gasteiger partial charge on any atom is -0.376 e. The van der Waals surface area contributed by atoms with Gasteiger partial charge in [-0.2, -0.15) is 0 Å². The van der Waals surface area contributed by atoms with Gasteiger partial charge in [0.15, 0.2) is 0 Å². The van der Waals surface area contributed by atoms with Crippen molar-refractivity contribution >= 4 is 0 Å². The number of hydrogen-bond acceptors (Lipinski definition) is 4. The van der Waals surface area contributed by atoms with E-state index < -0.39 is 0 Å². The monoisotopic (exact) mass is 327 g/mol. The Morgan fingerprint density at radius 3 is 2.88 bits per heavy atom. The first-order chi connectivity index (χ1) is 11.7. The Balaban J connectivity index is 1.57. The number of ether oxygens (including phenoxy) is 1. The van der Waals surface area contributed by atoms with Crippen LogP contribution in [0.2, 0.25) is 0 Å². The molecule has 0 fully saturated rings. The second-order valence-corrected chi connectivity index (χ2v) is 6.48. The molecule has 0 aliphatic carbocycles. The Labute approximate surface area is 142 Å². The van der Waals surface area contributed by atoms with Gasteiger partial charge in [0.1, 0.15) is 0 Å². The summed E-state index contributed by atoms with van der Waals surface area (Å²) in [4.78, 5) is 17.2. The van der Waals surface area contributed by atoms with Gasteiger partial charge in [0.25, 0.3) is 5.56 Å². The first kappa shape index (κ1) is 16.9. The van der Waals surface area contributed by atoms with E-state index in [9.17, 15) is 4.79 Å². The van der Waals surface area contributed by atoms with Crippen molar-refractivity contribution in [1.29, 1.82) is 0 Å². The van der Waals surface area contributed by atoms with Crippen LogP contribution >= 0.6 is 0 Å². The van der Waals surface area contributed by atoms with Crippen LogP contribution in [0.3, 0.4) is 0 Å². The number of hydrogen-bond donors (Lipinski definition) is 1. The molecule has 1 unspecified atom stereocenters. The van der Waals surface area contributed by atoms with Crippen LogP contribution in [0.4, 0.5) is 0 Å². The summed E-state index contributed by atoms with van der Waals surface area (Å²) in [6.45, 7) is 5.72. The minimum atomic E-state index is 0.110. The first-order valence-electron chi connectivity index (χ1n) is 8.63. The third kappa shape index (κ3) is 4.30. The molecule has 128 valence electrons. The summed E-state index contributed by atoms with van der Waals surface area (Å²) in [5.41, 5.74) is 3.11. The molecule has 1 aliphatic heterocycles. The van der Waals surface area contributed by atoms with Gasteiger partial charge in [-0.15, -0.1) is 0 Å². The number of fused-ring (bicyclic) bond motifs is 1. The fraction of sp³-hybridized carbons (Fsp3) is 0.474. The van der Waals surface area contributed by atoms with E-state index >= 15 is 0 Å². The highest BCUT2D eigenvalue weighted by Gasteiger charge is 2.15. The van der Waals surface area contributed by atoms with Gasteiger partial charge in [0.05, 0.1) is 25.2 Å². The second kappa shape index (κ2) is 8.22. The molecule has 0 amide bonds. The highest BCUT2D eigenvalue weighted by atomic mass is 16.5. The molecule has 1 aliphatic rings. The molecule has 0 radical (unpaired) electrons. The van der Waals surface area contributed by atoms with Crippen LogP contribution in [-0.4, -0.2) is 29.2 Å². The molecule has 1 aromatic heterocycles. The predicted octanol–water partition coefficient (Wildman–Crippen LogP) is 1.78. The summed E-state index contributed by atoms with van der Waals surface area (Å²) < 4.78 is 7.52. The van der Waals surface area contributed by atoms with Crippen LogP contribution in [0.25, 0.3) is 0 Å². The smallest absolute Gasteiger partial charge is 0.256 e. The average molecular weight is 327 g/mol. The summed E-state index contributed by atoms with van der Waals surface area (Å²) in [6, 6.07) is 10.1. The van der Waals surface area contributed by atoms with Crippen molar-refractivity contribution in [2.45, 2.75) is 32.9 Å². The van der Waals surface area contributed by atoms with Crippen molar-refractivity contribution in [2.24, 2.45) is 5.92 Å². The minimum absolute atomic E-state index is 0.110. The molecule has 0 spiro atoms. The standard InChI is InChI=1S/C19H25N3O2/c1-15(12-24-13-16-5-3-2-4-6-16)11-22-14-21-18-8-10-20-9-7-17(18)19(22)23/h2-6,14-15,20H,7-13H2,1H3. The zero-order valence-corrected chi connectivity index (χ0v) is 14.2. The Morgan fingerprint density at radius 2 is 2.04 bits per heavy atom. The second-order valence-electron chi connectivity index (χ2n) is 6.48. The fourth-order valence-corrected chi connectivity index (χ4v) is 3.05. The Morgan fingerprint density at radius 1 is 1.25 bits per heavy atom. The maximum Gasteiger partial charge on any atom is 0.256 e. The summed E-state index contributed by atoms with van der Waals surface area (Å²) in [7, 11) is 0. The van der Waals surface area contributed by atoms with Crippen LogP contribution in [0.5, 0.6) is 0 Å². The number of aromatic nitrogens is 2. The van der Waals surface area contributed by atoms with Gasteiger partial charge in [-0.1, -0.05) is 37.3 Å². The van der Waals surface area contributed by atoms with Crippen LogP contribution in [0.15, 0.2) is 41.5 Å².